The average Bonchev–Trinajstić information content (AvgIpc) is 2.38. The van der Waals surface area contributed by atoms with Crippen molar-refractivity contribution in [3.63, 3.8) is 0 Å². The molecule has 0 aromatic heterocycles. The van der Waals surface area contributed by atoms with Crippen LogP contribution in [0.25, 0.3) is 0 Å². The maximum Gasteiger partial charge on any atom is -0.0294 e. The van der Waals surface area contributed by atoms with Crippen LogP contribution in [-0.4, -0.2) is 0 Å². The van der Waals surface area contributed by atoms with E-state index in [2.05, 4.69) is 6.92 Å². The molecule has 2 aliphatic rings. The molecule has 0 heterocycles. The normalized spacial score (nSPS) is 45.0. The van der Waals surface area contributed by atoms with Crippen molar-refractivity contribution in [1.29, 1.82) is 0 Å². The summed E-state index contributed by atoms with van der Waals surface area (Å²) in [7, 11) is 0. The molecule has 0 nitrogen and oxygen atoms in total. The smallest absolute Gasteiger partial charge is 0.0294 e. The maximum atomic E-state index is 2.44. The first-order valence-corrected chi connectivity index (χ1v) is 4.31. The monoisotopic (exact) mass is 126 g/mol. The van der Waals surface area contributed by atoms with Gasteiger partial charge in [-0.25, -0.2) is 0 Å². The number of hydrogen-bond acceptors (Lipinski definition) is 0. The van der Waals surface area contributed by atoms with E-state index in [1.54, 1.807) is 6.42 Å². The fourth-order valence-corrected chi connectivity index (χ4v) is 2.01. The van der Waals surface area contributed by atoms with Crippen LogP contribution in [-0.2, 0) is 0 Å². The van der Waals surface area contributed by atoms with Crippen LogP contribution in [0.5, 0.6) is 0 Å². The SMILES string of the molecule is CC.C[C@@]12CCCC1C2. The van der Waals surface area contributed by atoms with Crippen molar-refractivity contribution < 1.29 is 0 Å². The Morgan fingerprint density at radius 1 is 1.33 bits per heavy atom. The van der Waals surface area contributed by atoms with E-state index in [4.69, 9.17) is 0 Å². The molecule has 0 spiro atoms. The lowest BCUT2D eigenvalue weighted by Gasteiger charge is -1.96. The van der Waals surface area contributed by atoms with E-state index in [1.807, 2.05) is 13.8 Å². The van der Waals surface area contributed by atoms with Gasteiger partial charge in [-0.2, -0.15) is 0 Å². The lowest BCUT2D eigenvalue weighted by atomic mass is 10.1. The minimum Gasteiger partial charge on any atom is -0.0683 e. The summed E-state index contributed by atoms with van der Waals surface area (Å²) < 4.78 is 0. The third-order valence-corrected chi connectivity index (χ3v) is 2.84. The van der Waals surface area contributed by atoms with E-state index in [9.17, 15) is 0 Å². The molecule has 0 aromatic rings. The Morgan fingerprint density at radius 2 is 2.00 bits per heavy atom. The highest BCUT2D eigenvalue weighted by molar-refractivity contribution is 5.02. The molecule has 0 saturated heterocycles. The highest BCUT2D eigenvalue weighted by Crippen LogP contribution is 2.62. The van der Waals surface area contributed by atoms with Gasteiger partial charge in [0.05, 0.1) is 0 Å². The summed E-state index contributed by atoms with van der Waals surface area (Å²) in [6.07, 6.45) is 6.13. The topological polar surface area (TPSA) is 0 Å². The van der Waals surface area contributed by atoms with Gasteiger partial charge in [0.15, 0.2) is 0 Å². The van der Waals surface area contributed by atoms with Gasteiger partial charge in [0.2, 0.25) is 0 Å². The molecule has 0 aromatic carbocycles. The molecule has 0 N–H and O–H groups in total. The van der Waals surface area contributed by atoms with Crippen molar-refractivity contribution in [1.82, 2.24) is 0 Å². The second-order valence-electron chi connectivity index (χ2n) is 3.45. The van der Waals surface area contributed by atoms with E-state index in [0.29, 0.717) is 0 Å². The molecule has 2 fully saturated rings. The average molecular weight is 126 g/mol. The molecule has 0 radical (unpaired) electrons. The number of fused-ring (bicyclic) bond motifs is 1. The van der Waals surface area contributed by atoms with Gasteiger partial charge in [-0.05, 0) is 30.6 Å². The van der Waals surface area contributed by atoms with Gasteiger partial charge in [-0.1, -0.05) is 27.2 Å². The van der Waals surface area contributed by atoms with Crippen molar-refractivity contribution in [3.8, 4) is 0 Å². The Kier molecular flexibility index (Phi) is 1.83. The Hall–Kier alpha value is 0. The predicted octanol–water partition coefficient (Wildman–Crippen LogP) is 3.22. The van der Waals surface area contributed by atoms with Gasteiger partial charge in [0, 0.05) is 0 Å². The van der Waals surface area contributed by atoms with Crippen LogP contribution in [0, 0.1) is 11.3 Å². The van der Waals surface area contributed by atoms with E-state index >= 15 is 0 Å². The number of hydrogen-bond donors (Lipinski definition) is 0. The van der Waals surface area contributed by atoms with Crippen molar-refractivity contribution in [2.45, 2.75) is 46.5 Å². The van der Waals surface area contributed by atoms with Crippen LogP contribution in [0.15, 0.2) is 0 Å². The van der Waals surface area contributed by atoms with E-state index in [-0.39, 0.29) is 0 Å². The zero-order chi connectivity index (χ0) is 6.91. The van der Waals surface area contributed by atoms with Crippen molar-refractivity contribution >= 4 is 0 Å². The molecular weight excluding hydrogens is 108 g/mol. The van der Waals surface area contributed by atoms with Crippen LogP contribution in [0.4, 0.5) is 0 Å². The largest absolute Gasteiger partial charge is 0.0683 e. The third-order valence-electron chi connectivity index (χ3n) is 2.84. The van der Waals surface area contributed by atoms with Gasteiger partial charge in [0.25, 0.3) is 0 Å². The summed E-state index contributed by atoms with van der Waals surface area (Å²) >= 11 is 0. The summed E-state index contributed by atoms with van der Waals surface area (Å²) in [5, 5.41) is 0. The lowest BCUT2D eigenvalue weighted by molar-refractivity contribution is 0.547. The van der Waals surface area contributed by atoms with E-state index in [1.165, 1.54) is 19.3 Å². The second-order valence-corrected chi connectivity index (χ2v) is 3.45. The first-order valence-electron chi connectivity index (χ1n) is 4.31. The zero-order valence-electron chi connectivity index (χ0n) is 6.91. The summed E-state index contributed by atoms with van der Waals surface area (Å²) in [5.74, 6) is 1.16. The molecule has 0 bridgehead atoms. The zero-order valence-corrected chi connectivity index (χ0v) is 6.91. The number of rotatable bonds is 0. The quantitative estimate of drug-likeness (QED) is 0.467. The Balaban J connectivity index is 0.000000186. The van der Waals surface area contributed by atoms with Gasteiger partial charge in [0.1, 0.15) is 0 Å². The molecular formula is C9H18. The molecule has 0 heteroatoms. The van der Waals surface area contributed by atoms with Crippen molar-refractivity contribution in [2.24, 2.45) is 11.3 Å². The fraction of sp³-hybridized carbons (Fsp3) is 1.00. The molecule has 9 heavy (non-hydrogen) atoms. The minimum atomic E-state index is 0.861. The standard InChI is InChI=1S/C7H12.C2H6/c1-7-4-2-3-6(7)5-7;1-2/h6H,2-5H2,1H3;1-2H3/t6?,7-;/m0./s1. The summed E-state index contributed by atoms with van der Waals surface area (Å²) in [4.78, 5) is 0. The Bertz CT molecular complexity index is 94.2. The first kappa shape index (κ1) is 7.11. The molecule has 2 atom stereocenters. The molecule has 54 valence electrons. The van der Waals surface area contributed by atoms with Crippen LogP contribution in [0.3, 0.4) is 0 Å². The Labute approximate surface area is 58.7 Å². The summed E-state index contributed by atoms with van der Waals surface area (Å²) in [5.41, 5.74) is 0.861. The fourth-order valence-electron chi connectivity index (χ4n) is 2.01. The highest BCUT2D eigenvalue weighted by Gasteiger charge is 2.52. The maximum absolute atomic E-state index is 2.44. The molecule has 2 saturated carbocycles. The molecule has 0 aliphatic heterocycles. The van der Waals surface area contributed by atoms with E-state index in [0.717, 1.165) is 11.3 Å². The Morgan fingerprint density at radius 3 is 2.11 bits per heavy atom. The lowest BCUT2D eigenvalue weighted by Crippen LogP contribution is -1.85. The minimum absolute atomic E-state index is 0.861. The van der Waals surface area contributed by atoms with Gasteiger partial charge < -0.3 is 0 Å². The first-order chi connectivity index (χ1) is 4.31. The second kappa shape index (κ2) is 2.32. The summed E-state index contributed by atoms with van der Waals surface area (Å²) in [6, 6.07) is 0. The van der Waals surface area contributed by atoms with Crippen molar-refractivity contribution in [3.05, 3.63) is 0 Å². The molecule has 0 amide bonds. The molecule has 2 aliphatic carbocycles. The summed E-state index contributed by atoms with van der Waals surface area (Å²) in [6.45, 7) is 6.44. The molecule has 2 rings (SSSR count). The van der Waals surface area contributed by atoms with Gasteiger partial charge in [-0.3, -0.25) is 0 Å². The molecule has 1 unspecified atom stereocenters. The van der Waals surface area contributed by atoms with E-state index < -0.39 is 0 Å². The van der Waals surface area contributed by atoms with Crippen LogP contribution in [0.2, 0.25) is 0 Å². The van der Waals surface area contributed by atoms with Crippen LogP contribution >= 0.6 is 0 Å². The van der Waals surface area contributed by atoms with Crippen molar-refractivity contribution in [2.75, 3.05) is 0 Å². The van der Waals surface area contributed by atoms with Gasteiger partial charge in [-0.15, -0.1) is 0 Å². The van der Waals surface area contributed by atoms with Crippen LogP contribution in [0.1, 0.15) is 46.5 Å². The predicted molar refractivity (Wildman–Crippen MR) is 41.4 cm³/mol. The van der Waals surface area contributed by atoms with Gasteiger partial charge >= 0.3 is 0 Å². The van der Waals surface area contributed by atoms with Crippen LogP contribution < -0.4 is 0 Å². The third kappa shape index (κ3) is 1.12. The highest BCUT2D eigenvalue weighted by atomic mass is 14.6.